The van der Waals surface area contributed by atoms with Crippen LogP contribution >= 0.6 is 0 Å². The van der Waals surface area contributed by atoms with Gasteiger partial charge in [0, 0.05) is 11.6 Å². The van der Waals surface area contributed by atoms with Gasteiger partial charge in [-0.15, -0.1) is 10.2 Å². The van der Waals surface area contributed by atoms with Gasteiger partial charge in [0.05, 0.1) is 18.6 Å². The number of rotatable bonds is 6. The number of pyridine rings is 1. The van der Waals surface area contributed by atoms with E-state index in [1.165, 1.54) is 11.1 Å². The van der Waals surface area contributed by atoms with Crippen LogP contribution in [-0.4, -0.2) is 33.7 Å². The summed E-state index contributed by atoms with van der Waals surface area (Å²) in [5, 5.41) is 19.3. The standard InChI is InChI=1S/C19H21N5O2/c1-3-23(4-2)13-24-16-11-6-5-9-14(16)17(19(24)26)21-22-18(25)15-10-7-8-12-20-15/h5-12,26H,3-4,13H2,1-2H3/p+1. The number of benzene rings is 1. The molecule has 0 aliphatic carbocycles. The van der Waals surface area contributed by atoms with Crippen LogP contribution in [0.5, 0.6) is 5.88 Å². The van der Waals surface area contributed by atoms with E-state index in [1.807, 2.05) is 28.8 Å². The lowest BCUT2D eigenvalue weighted by Gasteiger charge is -2.17. The van der Waals surface area contributed by atoms with Crippen molar-refractivity contribution < 1.29 is 14.8 Å². The first-order chi connectivity index (χ1) is 12.7. The van der Waals surface area contributed by atoms with Gasteiger partial charge in [-0.05, 0) is 32.0 Å². The molecule has 3 rings (SSSR count). The van der Waals surface area contributed by atoms with Crippen LogP contribution in [0.15, 0.2) is 58.9 Å². The normalized spacial score (nSPS) is 11.7. The molecule has 2 aromatic heterocycles. The molecular formula is C19H22N5O2+. The maximum atomic E-state index is 12.1. The number of aromatic nitrogens is 2. The lowest BCUT2D eigenvalue weighted by Crippen LogP contribution is -3.10. The number of nitrogens with one attached hydrogen (secondary N) is 1. The smallest absolute Gasteiger partial charge is 0.313 e. The molecule has 2 N–H and O–H groups in total. The van der Waals surface area contributed by atoms with Crippen molar-refractivity contribution in [1.82, 2.24) is 9.55 Å². The van der Waals surface area contributed by atoms with E-state index in [4.69, 9.17) is 0 Å². The fraction of sp³-hybridized carbons (Fsp3) is 0.263. The van der Waals surface area contributed by atoms with E-state index in [2.05, 4.69) is 29.1 Å². The van der Waals surface area contributed by atoms with Crippen LogP contribution in [0, 0.1) is 0 Å². The maximum absolute atomic E-state index is 12.1. The molecule has 3 aromatic rings. The second-order valence-corrected chi connectivity index (χ2v) is 5.95. The molecule has 0 fully saturated rings. The van der Waals surface area contributed by atoms with E-state index < -0.39 is 5.91 Å². The van der Waals surface area contributed by atoms with Crippen molar-refractivity contribution in [3.63, 3.8) is 0 Å². The Morgan fingerprint density at radius 1 is 1.15 bits per heavy atom. The highest BCUT2D eigenvalue weighted by molar-refractivity contribution is 5.96. The number of azo groups is 1. The largest absolute Gasteiger partial charge is 0.493 e. The molecule has 1 amide bonds. The minimum absolute atomic E-state index is 0.0168. The summed E-state index contributed by atoms with van der Waals surface area (Å²) in [4.78, 5) is 17.4. The second-order valence-electron chi connectivity index (χ2n) is 5.95. The molecule has 0 aliphatic rings. The molecule has 0 unspecified atom stereocenters. The Morgan fingerprint density at radius 3 is 2.58 bits per heavy atom. The quantitative estimate of drug-likeness (QED) is 0.669. The van der Waals surface area contributed by atoms with Gasteiger partial charge in [0.2, 0.25) is 5.88 Å². The zero-order chi connectivity index (χ0) is 18.5. The number of para-hydroxylation sites is 1. The van der Waals surface area contributed by atoms with Crippen molar-refractivity contribution in [2.75, 3.05) is 13.1 Å². The Morgan fingerprint density at radius 2 is 1.88 bits per heavy atom. The number of carbonyl (C=O) groups excluding carboxylic acids is 1. The first kappa shape index (κ1) is 17.8. The zero-order valence-electron chi connectivity index (χ0n) is 14.9. The lowest BCUT2D eigenvalue weighted by molar-refractivity contribution is -0.919. The Bertz CT molecular complexity index is 930. The van der Waals surface area contributed by atoms with Crippen LogP contribution in [0.3, 0.4) is 0 Å². The Labute approximate surface area is 151 Å². The van der Waals surface area contributed by atoms with Crippen LogP contribution in [0.4, 0.5) is 5.69 Å². The van der Waals surface area contributed by atoms with E-state index in [9.17, 15) is 9.90 Å². The fourth-order valence-corrected chi connectivity index (χ4v) is 2.86. The first-order valence-corrected chi connectivity index (χ1v) is 8.66. The number of fused-ring (bicyclic) bond motifs is 1. The molecule has 1 aromatic carbocycles. The molecule has 7 heteroatoms. The average molecular weight is 352 g/mol. The predicted octanol–water partition coefficient (Wildman–Crippen LogP) is 2.55. The van der Waals surface area contributed by atoms with E-state index >= 15 is 0 Å². The van der Waals surface area contributed by atoms with Gasteiger partial charge < -0.3 is 10.0 Å². The van der Waals surface area contributed by atoms with Crippen molar-refractivity contribution >= 4 is 22.5 Å². The fourth-order valence-electron chi connectivity index (χ4n) is 2.86. The summed E-state index contributed by atoms with van der Waals surface area (Å²) >= 11 is 0. The topological polar surface area (TPSA) is 84.3 Å². The summed E-state index contributed by atoms with van der Waals surface area (Å²) in [6.07, 6.45) is 1.53. The summed E-state index contributed by atoms with van der Waals surface area (Å²) in [5.74, 6) is -0.528. The van der Waals surface area contributed by atoms with Crippen molar-refractivity contribution in [3.05, 3.63) is 54.4 Å². The highest BCUT2D eigenvalue weighted by atomic mass is 16.3. The molecule has 26 heavy (non-hydrogen) atoms. The Kier molecular flexibility index (Phi) is 5.38. The first-order valence-electron chi connectivity index (χ1n) is 8.66. The molecule has 0 saturated heterocycles. The molecule has 0 aliphatic heterocycles. The predicted molar refractivity (Wildman–Crippen MR) is 98.7 cm³/mol. The van der Waals surface area contributed by atoms with Crippen LogP contribution in [0.2, 0.25) is 0 Å². The SMILES string of the molecule is CC[NH+](CC)Cn1c(O)c(N=NC(=O)c2ccccn2)c2ccccc21. The van der Waals surface area contributed by atoms with E-state index in [0.29, 0.717) is 12.4 Å². The van der Waals surface area contributed by atoms with E-state index in [1.54, 1.807) is 18.2 Å². The minimum atomic E-state index is -0.545. The van der Waals surface area contributed by atoms with E-state index in [0.717, 1.165) is 24.0 Å². The molecular weight excluding hydrogens is 330 g/mol. The van der Waals surface area contributed by atoms with Gasteiger partial charge in [0.15, 0.2) is 12.4 Å². The summed E-state index contributed by atoms with van der Waals surface area (Å²) in [7, 11) is 0. The molecule has 134 valence electrons. The highest BCUT2D eigenvalue weighted by Crippen LogP contribution is 2.38. The summed E-state index contributed by atoms with van der Waals surface area (Å²) in [5.41, 5.74) is 1.38. The second kappa shape index (κ2) is 7.88. The van der Waals surface area contributed by atoms with Crippen molar-refractivity contribution in [2.45, 2.75) is 20.5 Å². The van der Waals surface area contributed by atoms with Crippen LogP contribution < -0.4 is 4.90 Å². The Balaban J connectivity index is 1.99. The van der Waals surface area contributed by atoms with Crippen molar-refractivity contribution in [2.24, 2.45) is 10.2 Å². The molecule has 0 bridgehead atoms. The molecule has 2 heterocycles. The van der Waals surface area contributed by atoms with E-state index in [-0.39, 0.29) is 11.6 Å². The van der Waals surface area contributed by atoms with Crippen LogP contribution in [0.1, 0.15) is 24.3 Å². The molecule has 0 saturated carbocycles. The summed E-state index contributed by atoms with van der Waals surface area (Å²) in [6.45, 7) is 6.71. The lowest BCUT2D eigenvalue weighted by atomic mass is 10.2. The number of hydrogen-bond acceptors (Lipinski definition) is 4. The number of amides is 1. The zero-order valence-corrected chi connectivity index (χ0v) is 14.9. The number of carbonyl (C=O) groups is 1. The minimum Gasteiger partial charge on any atom is -0.493 e. The number of nitrogens with zero attached hydrogens (tertiary/aromatic N) is 4. The maximum Gasteiger partial charge on any atom is 0.313 e. The monoisotopic (exact) mass is 352 g/mol. The van der Waals surface area contributed by atoms with Gasteiger partial charge in [-0.1, -0.05) is 24.3 Å². The van der Waals surface area contributed by atoms with Crippen LogP contribution in [-0.2, 0) is 6.67 Å². The average Bonchev–Trinajstić information content (AvgIpc) is 2.95. The Hall–Kier alpha value is -3.06. The third-order valence-corrected chi connectivity index (χ3v) is 4.42. The molecule has 0 radical (unpaired) electrons. The van der Waals surface area contributed by atoms with Gasteiger partial charge in [-0.3, -0.25) is 14.3 Å². The third-order valence-electron chi connectivity index (χ3n) is 4.42. The summed E-state index contributed by atoms with van der Waals surface area (Å²) in [6, 6.07) is 12.6. The number of aromatic hydroxyl groups is 1. The highest BCUT2D eigenvalue weighted by Gasteiger charge is 2.19. The third kappa shape index (κ3) is 3.48. The van der Waals surface area contributed by atoms with Crippen LogP contribution in [0.25, 0.3) is 10.9 Å². The van der Waals surface area contributed by atoms with Crippen molar-refractivity contribution in [3.8, 4) is 5.88 Å². The van der Waals surface area contributed by atoms with Gasteiger partial charge >= 0.3 is 5.91 Å². The molecule has 7 nitrogen and oxygen atoms in total. The number of quaternary nitrogens is 1. The van der Waals surface area contributed by atoms with Gasteiger partial charge in [-0.2, -0.15) is 0 Å². The van der Waals surface area contributed by atoms with Gasteiger partial charge in [-0.25, -0.2) is 0 Å². The van der Waals surface area contributed by atoms with Gasteiger partial charge in [0.1, 0.15) is 5.69 Å². The van der Waals surface area contributed by atoms with Gasteiger partial charge in [0.25, 0.3) is 0 Å². The summed E-state index contributed by atoms with van der Waals surface area (Å²) < 4.78 is 1.82. The molecule has 0 spiro atoms. The van der Waals surface area contributed by atoms with Crippen molar-refractivity contribution in [1.29, 1.82) is 0 Å². The molecule has 0 atom stereocenters. The number of hydrogen-bond donors (Lipinski definition) is 2.